The number of nitrogens with zero attached hydrogens (tertiary/aromatic N) is 2. The molecule has 0 saturated carbocycles. The van der Waals surface area contributed by atoms with Crippen molar-refractivity contribution >= 4 is 15.7 Å². The van der Waals surface area contributed by atoms with Gasteiger partial charge in [0.2, 0.25) is 10.0 Å². The molecule has 1 heterocycles. The van der Waals surface area contributed by atoms with Gasteiger partial charge in [0, 0.05) is 32.2 Å². The van der Waals surface area contributed by atoms with Gasteiger partial charge in [-0.3, -0.25) is 0 Å². The van der Waals surface area contributed by atoms with E-state index in [0.717, 1.165) is 11.6 Å². The summed E-state index contributed by atoms with van der Waals surface area (Å²) in [6.45, 7) is 4.64. The van der Waals surface area contributed by atoms with Gasteiger partial charge in [-0.25, -0.2) is 17.2 Å². The van der Waals surface area contributed by atoms with Crippen LogP contribution in [0.3, 0.4) is 0 Å². The van der Waals surface area contributed by atoms with Crippen molar-refractivity contribution in [2.24, 2.45) is 0 Å². The van der Waals surface area contributed by atoms with Crippen LogP contribution in [0.5, 0.6) is 5.75 Å². The zero-order valence-corrected chi connectivity index (χ0v) is 16.3. The van der Waals surface area contributed by atoms with Crippen LogP contribution in [0.25, 0.3) is 0 Å². The number of halogens is 2. The number of methoxy groups -OCH3 is 1. The van der Waals surface area contributed by atoms with Crippen molar-refractivity contribution in [2.45, 2.75) is 18.7 Å². The monoisotopic (exact) mass is 396 g/mol. The first-order valence-corrected chi connectivity index (χ1v) is 10.0. The second-order valence-electron chi connectivity index (χ2n) is 6.57. The fourth-order valence-electron chi connectivity index (χ4n) is 3.31. The predicted molar refractivity (Wildman–Crippen MR) is 99.8 cm³/mol. The van der Waals surface area contributed by atoms with Crippen molar-refractivity contribution in [3.05, 3.63) is 53.1 Å². The van der Waals surface area contributed by atoms with Crippen LogP contribution in [0.4, 0.5) is 14.5 Å². The first-order chi connectivity index (χ1) is 12.7. The average molecular weight is 396 g/mol. The number of hydrogen-bond acceptors (Lipinski definition) is 4. The molecule has 0 radical (unpaired) electrons. The van der Waals surface area contributed by atoms with Crippen LogP contribution >= 0.6 is 0 Å². The second kappa shape index (κ2) is 7.44. The van der Waals surface area contributed by atoms with Crippen LogP contribution < -0.4 is 9.64 Å². The van der Waals surface area contributed by atoms with Crippen molar-refractivity contribution in [3.63, 3.8) is 0 Å². The summed E-state index contributed by atoms with van der Waals surface area (Å²) in [6, 6.07) is 6.75. The molecule has 0 unspecified atom stereocenters. The number of aryl methyl sites for hydroxylation is 2. The lowest BCUT2D eigenvalue weighted by Gasteiger charge is -2.35. The minimum Gasteiger partial charge on any atom is -0.496 e. The Morgan fingerprint density at radius 1 is 0.963 bits per heavy atom. The van der Waals surface area contributed by atoms with E-state index in [1.54, 1.807) is 38.0 Å². The molecule has 0 N–H and O–H groups in total. The SMILES string of the molecule is COc1cc(C)c(S(=O)(=O)N2CCN(c3ccc(F)cc3F)CC2)cc1C. The second-order valence-corrected chi connectivity index (χ2v) is 8.48. The molecule has 0 aromatic heterocycles. The topological polar surface area (TPSA) is 49.9 Å². The quantitative estimate of drug-likeness (QED) is 0.797. The lowest BCUT2D eigenvalue weighted by Crippen LogP contribution is -2.49. The maximum absolute atomic E-state index is 14.0. The Kier molecular flexibility index (Phi) is 5.39. The summed E-state index contributed by atoms with van der Waals surface area (Å²) in [6.07, 6.45) is 0. The van der Waals surface area contributed by atoms with E-state index in [2.05, 4.69) is 0 Å². The number of ether oxygens (including phenoxy) is 1. The number of benzene rings is 2. The number of piperazine rings is 1. The normalized spacial score (nSPS) is 15.8. The lowest BCUT2D eigenvalue weighted by atomic mass is 10.1. The molecule has 0 aliphatic carbocycles. The van der Waals surface area contributed by atoms with E-state index in [4.69, 9.17) is 4.74 Å². The summed E-state index contributed by atoms with van der Waals surface area (Å²) in [5.74, 6) is -0.640. The molecule has 2 aromatic carbocycles. The summed E-state index contributed by atoms with van der Waals surface area (Å²) in [5, 5.41) is 0. The molecule has 0 spiro atoms. The van der Waals surface area contributed by atoms with E-state index >= 15 is 0 Å². The average Bonchev–Trinajstić information content (AvgIpc) is 2.63. The molecule has 1 aliphatic rings. The molecule has 0 atom stereocenters. The van der Waals surface area contributed by atoms with Gasteiger partial charge in [-0.05, 0) is 49.2 Å². The van der Waals surface area contributed by atoms with E-state index in [9.17, 15) is 17.2 Å². The fraction of sp³-hybridized carbons (Fsp3) is 0.368. The molecule has 2 aromatic rings. The van der Waals surface area contributed by atoms with Gasteiger partial charge < -0.3 is 9.64 Å². The minimum atomic E-state index is -3.67. The van der Waals surface area contributed by atoms with Crippen LogP contribution in [0.15, 0.2) is 35.2 Å². The van der Waals surface area contributed by atoms with Crippen molar-refractivity contribution in [2.75, 3.05) is 38.2 Å². The van der Waals surface area contributed by atoms with Crippen molar-refractivity contribution in [1.82, 2.24) is 4.31 Å². The zero-order chi connectivity index (χ0) is 19.8. The van der Waals surface area contributed by atoms with Gasteiger partial charge in [0.1, 0.15) is 17.4 Å². The maximum Gasteiger partial charge on any atom is 0.243 e. The Bertz CT molecular complexity index is 956. The molecule has 1 saturated heterocycles. The highest BCUT2D eigenvalue weighted by Gasteiger charge is 2.31. The summed E-state index contributed by atoms with van der Waals surface area (Å²) in [7, 11) is -2.12. The molecule has 146 valence electrons. The van der Waals surface area contributed by atoms with Crippen molar-refractivity contribution in [3.8, 4) is 5.75 Å². The summed E-state index contributed by atoms with van der Waals surface area (Å²) in [4.78, 5) is 1.98. The summed E-state index contributed by atoms with van der Waals surface area (Å²) >= 11 is 0. The predicted octanol–water partition coefficient (Wildman–Crippen LogP) is 3.10. The van der Waals surface area contributed by atoms with E-state index in [0.29, 0.717) is 24.4 Å². The summed E-state index contributed by atoms with van der Waals surface area (Å²) in [5.41, 5.74) is 1.64. The fourth-order valence-corrected chi connectivity index (χ4v) is 5.02. The largest absolute Gasteiger partial charge is 0.496 e. The van der Waals surface area contributed by atoms with Crippen LogP contribution in [0, 0.1) is 25.5 Å². The van der Waals surface area contributed by atoms with Gasteiger partial charge in [-0.2, -0.15) is 4.31 Å². The van der Waals surface area contributed by atoms with Gasteiger partial charge in [-0.15, -0.1) is 0 Å². The van der Waals surface area contributed by atoms with Gasteiger partial charge in [0.15, 0.2) is 0 Å². The molecular weight excluding hydrogens is 374 g/mol. The molecule has 0 bridgehead atoms. The molecule has 1 fully saturated rings. The Hall–Kier alpha value is -2.19. The smallest absolute Gasteiger partial charge is 0.243 e. The molecule has 0 amide bonds. The van der Waals surface area contributed by atoms with Gasteiger partial charge in [-0.1, -0.05) is 0 Å². The van der Waals surface area contributed by atoms with Gasteiger partial charge in [0.05, 0.1) is 17.7 Å². The van der Waals surface area contributed by atoms with Crippen LogP contribution in [-0.4, -0.2) is 46.0 Å². The highest BCUT2D eigenvalue weighted by Crippen LogP contribution is 2.29. The van der Waals surface area contributed by atoms with Crippen LogP contribution in [-0.2, 0) is 10.0 Å². The first-order valence-electron chi connectivity index (χ1n) is 8.59. The third kappa shape index (κ3) is 3.77. The number of hydrogen-bond donors (Lipinski definition) is 0. The Balaban J connectivity index is 1.80. The highest BCUT2D eigenvalue weighted by molar-refractivity contribution is 7.89. The minimum absolute atomic E-state index is 0.226. The number of anilines is 1. The third-order valence-corrected chi connectivity index (χ3v) is 6.84. The maximum atomic E-state index is 14.0. The lowest BCUT2D eigenvalue weighted by molar-refractivity contribution is 0.382. The Morgan fingerprint density at radius 2 is 1.63 bits per heavy atom. The van der Waals surface area contributed by atoms with E-state index < -0.39 is 21.7 Å². The summed E-state index contributed by atoms with van der Waals surface area (Å²) < 4.78 is 59.8. The van der Waals surface area contributed by atoms with Crippen LogP contribution in [0.1, 0.15) is 11.1 Å². The van der Waals surface area contributed by atoms with E-state index in [1.165, 1.54) is 16.4 Å². The van der Waals surface area contributed by atoms with Gasteiger partial charge >= 0.3 is 0 Å². The molecule has 8 heteroatoms. The Morgan fingerprint density at radius 3 is 2.22 bits per heavy atom. The van der Waals surface area contributed by atoms with E-state index in [-0.39, 0.29) is 23.7 Å². The third-order valence-electron chi connectivity index (χ3n) is 4.80. The number of rotatable bonds is 4. The first kappa shape index (κ1) is 19.6. The van der Waals surface area contributed by atoms with Gasteiger partial charge in [0.25, 0.3) is 0 Å². The van der Waals surface area contributed by atoms with Crippen molar-refractivity contribution in [1.29, 1.82) is 0 Å². The van der Waals surface area contributed by atoms with Crippen molar-refractivity contribution < 1.29 is 21.9 Å². The molecule has 5 nitrogen and oxygen atoms in total. The highest BCUT2D eigenvalue weighted by atomic mass is 32.2. The standard InChI is InChI=1S/C19H22F2N2O3S/c1-13-11-19(14(2)10-18(13)26-3)27(24,25)23-8-6-22(7-9-23)17-5-4-15(20)12-16(17)21/h4-5,10-12H,6-9H2,1-3H3. The van der Waals surface area contributed by atoms with Crippen LogP contribution in [0.2, 0.25) is 0 Å². The molecule has 1 aliphatic heterocycles. The molecular formula is C19H22F2N2O3S. The van der Waals surface area contributed by atoms with E-state index in [1.807, 2.05) is 0 Å². The Labute approximate surface area is 158 Å². The molecule has 27 heavy (non-hydrogen) atoms. The number of sulfonamides is 1. The molecule has 3 rings (SSSR count). The zero-order valence-electron chi connectivity index (χ0n) is 15.5.